The maximum atomic E-state index is 12.3. The Bertz CT molecular complexity index is 961. The molecule has 0 radical (unpaired) electrons. The summed E-state index contributed by atoms with van der Waals surface area (Å²) < 4.78 is 6.77. The summed E-state index contributed by atoms with van der Waals surface area (Å²) in [5.74, 6) is -0.519. The number of aryl methyl sites for hydroxylation is 1. The predicted octanol–water partition coefficient (Wildman–Crippen LogP) is 2.81. The molecule has 2 heterocycles. The first kappa shape index (κ1) is 17.6. The van der Waals surface area contributed by atoms with Gasteiger partial charge in [0.2, 0.25) is 0 Å². The molecule has 26 heavy (non-hydrogen) atoms. The molecule has 0 saturated carbocycles. The Hall–Kier alpha value is -3.22. The van der Waals surface area contributed by atoms with Crippen molar-refractivity contribution in [2.24, 2.45) is 0 Å². The Labute approximate surface area is 151 Å². The van der Waals surface area contributed by atoms with Crippen LogP contribution in [-0.4, -0.2) is 51.4 Å². The van der Waals surface area contributed by atoms with Crippen molar-refractivity contribution in [3.05, 3.63) is 53.6 Å². The topological polar surface area (TPSA) is 72.6 Å². The number of rotatable bonds is 5. The Balaban J connectivity index is 2.26. The fourth-order valence-electron chi connectivity index (χ4n) is 2.68. The van der Waals surface area contributed by atoms with Crippen molar-refractivity contribution in [3.63, 3.8) is 0 Å². The number of carbonyl (C=O) groups excluding carboxylic acids is 1. The second-order valence-corrected chi connectivity index (χ2v) is 6.00. The van der Waals surface area contributed by atoms with Crippen LogP contribution in [0.25, 0.3) is 22.9 Å². The zero-order chi connectivity index (χ0) is 18.7. The van der Waals surface area contributed by atoms with E-state index in [-0.39, 0.29) is 12.3 Å². The third-order valence-corrected chi connectivity index (χ3v) is 3.81. The van der Waals surface area contributed by atoms with Gasteiger partial charge in [0.05, 0.1) is 17.9 Å². The summed E-state index contributed by atoms with van der Waals surface area (Å²) in [6.45, 7) is 3.94. The van der Waals surface area contributed by atoms with E-state index < -0.39 is 5.97 Å². The van der Waals surface area contributed by atoms with E-state index in [2.05, 4.69) is 15.3 Å². The van der Waals surface area contributed by atoms with Crippen molar-refractivity contribution >= 4 is 17.7 Å². The Kier molecular flexibility index (Phi) is 4.97. The molecule has 7 heteroatoms. The minimum atomic E-state index is -0.519. The molecule has 3 rings (SSSR count). The van der Waals surface area contributed by atoms with Gasteiger partial charge in [0, 0.05) is 20.3 Å². The van der Waals surface area contributed by atoms with Crippen molar-refractivity contribution in [2.75, 3.05) is 20.7 Å². The lowest BCUT2D eigenvalue weighted by Crippen LogP contribution is -2.14. The molecule has 0 aliphatic heterocycles. The van der Waals surface area contributed by atoms with Gasteiger partial charge in [-0.25, -0.2) is 9.31 Å². The second kappa shape index (κ2) is 7.35. The summed E-state index contributed by atoms with van der Waals surface area (Å²) in [7, 11) is 3.80. The molecule has 0 aliphatic rings. The first-order valence-corrected chi connectivity index (χ1v) is 8.36. The molecule has 1 aromatic carbocycles. The summed E-state index contributed by atoms with van der Waals surface area (Å²) >= 11 is 0. The molecule has 0 fully saturated rings. The number of benzene rings is 1. The Morgan fingerprint density at radius 3 is 2.62 bits per heavy atom. The lowest BCUT2D eigenvalue weighted by Gasteiger charge is -2.08. The van der Waals surface area contributed by atoms with Crippen LogP contribution < -0.4 is 0 Å². The fraction of sp³-hybridized carbons (Fsp3) is 0.263. The van der Waals surface area contributed by atoms with E-state index in [1.165, 1.54) is 0 Å². The zero-order valence-electron chi connectivity index (χ0n) is 15.3. The quantitative estimate of drug-likeness (QED) is 0.658. The summed E-state index contributed by atoms with van der Waals surface area (Å²) in [6.07, 6.45) is 3.62. The van der Waals surface area contributed by atoms with Gasteiger partial charge in [-0.05, 0) is 25.5 Å². The fourth-order valence-corrected chi connectivity index (χ4v) is 2.68. The molecule has 3 aromatic rings. The number of aromatic nitrogens is 4. The normalized spacial score (nSPS) is 11.2. The number of ether oxygens (including phenoxy) is 1. The highest BCUT2D eigenvalue weighted by molar-refractivity contribution is 5.91. The Morgan fingerprint density at radius 2 is 1.96 bits per heavy atom. The van der Waals surface area contributed by atoms with Crippen molar-refractivity contribution in [2.45, 2.75) is 13.8 Å². The maximum absolute atomic E-state index is 12.3. The number of esters is 1. The average Bonchev–Trinajstić information content (AvgIpc) is 2.96. The van der Waals surface area contributed by atoms with Crippen molar-refractivity contribution in [3.8, 4) is 11.1 Å². The molecule has 0 spiro atoms. The van der Waals surface area contributed by atoms with Gasteiger partial charge in [-0.2, -0.15) is 5.10 Å². The van der Waals surface area contributed by atoms with Gasteiger partial charge in [-0.15, -0.1) is 10.2 Å². The Morgan fingerprint density at radius 1 is 1.23 bits per heavy atom. The number of fused-ring (bicyclic) bond motifs is 1. The monoisotopic (exact) mass is 351 g/mol. The average molecular weight is 351 g/mol. The molecule has 0 atom stereocenters. The van der Waals surface area contributed by atoms with Gasteiger partial charge in [-0.3, -0.25) is 0 Å². The van der Waals surface area contributed by atoms with Gasteiger partial charge in [0.15, 0.2) is 11.3 Å². The molecular weight excluding hydrogens is 330 g/mol. The number of nitrogens with zero attached hydrogens (tertiary/aromatic N) is 5. The molecule has 0 amide bonds. The standard InChI is InChI=1S/C19H21N5O2/c1-5-26-19(25)17-15(11-12-23(3)4)24-18(21-20-17)16(13(2)22-24)14-9-7-6-8-10-14/h6-12H,5H2,1-4H3/b12-11+. The lowest BCUT2D eigenvalue weighted by molar-refractivity contribution is 0.0517. The first-order chi connectivity index (χ1) is 12.5. The van der Waals surface area contributed by atoms with E-state index in [4.69, 9.17) is 4.74 Å². The van der Waals surface area contributed by atoms with Crippen LogP contribution in [0.1, 0.15) is 28.8 Å². The molecule has 0 unspecified atom stereocenters. The van der Waals surface area contributed by atoms with Crippen molar-refractivity contribution in [1.82, 2.24) is 24.7 Å². The molecule has 134 valence electrons. The minimum Gasteiger partial charge on any atom is -0.461 e. The molecule has 2 aromatic heterocycles. The molecule has 7 nitrogen and oxygen atoms in total. The van der Waals surface area contributed by atoms with E-state index >= 15 is 0 Å². The SMILES string of the molecule is CCOC(=O)c1nnc2c(-c3ccccc3)c(C)nn2c1/C=C/N(C)C. The van der Waals surface area contributed by atoms with Crippen molar-refractivity contribution in [1.29, 1.82) is 0 Å². The predicted molar refractivity (Wildman–Crippen MR) is 99.6 cm³/mol. The number of hydrogen-bond acceptors (Lipinski definition) is 6. The largest absolute Gasteiger partial charge is 0.461 e. The van der Waals surface area contributed by atoms with Gasteiger partial charge in [0.25, 0.3) is 0 Å². The number of hydrogen-bond donors (Lipinski definition) is 0. The summed E-state index contributed by atoms with van der Waals surface area (Å²) in [5.41, 5.74) is 3.98. The van der Waals surface area contributed by atoms with Crippen LogP contribution in [0, 0.1) is 6.92 Å². The lowest BCUT2D eigenvalue weighted by atomic mass is 10.1. The van der Waals surface area contributed by atoms with Crippen molar-refractivity contribution < 1.29 is 9.53 Å². The zero-order valence-corrected chi connectivity index (χ0v) is 15.3. The molecule has 0 bridgehead atoms. The van der Waals surface area contributed by atoms with Crippen LogP contribution in [0.5, 0.6) is 0 Å². The molecular formula is C19H21N5O2. The number of carbonyl (C=O) groups is 1. The van der Waals surface area contributed by atoms with Gasteiger partial charge in [0.1, 0.15) is 5.69 Å². The molecule has 0 saturated heterocycles. The van der Waals surface area contributed by atoms with E-state index in [0.29, 0.717) is 11.3 Å². The smallest absolute Gasteiger partial charge is 0.361 e. The summed E-state index contributed by atoms with van der Waals surface area (Å²) in [4.78, 5) is 14.2. The maximum Gasteiger partial charge on any atom is 0.361 e. The second-order valence-electron chi connectivity index (χ2n) is 6.00. The van der Waals surface area contributed by atoms with Gasteiger partial charge in [-0.1, -0.05) is 30.3 Å². The molecule has 0 N–H and O–H groups in total. The van der Waals surface area contributed by atoms with E-state index in [1.807, 2.05) is 62.5 Å². The van der Waals surface area contributed by atoms with E-state index in [0.717, 1.165) is 16.8 Å². The minimum absolute atomic E-state index is 0.138. The highest BCUT2D eigenvalue weighted by Gasteiger charge is 2.22. The van der Waals surface area contributed by atoms with Crippen LogP contribution in [0.3, 0.4) is 0 Å². The van der Waals surface area contributed by atoms with Crippen LogP contribution >= 0.6 is 0 Å². The van der Waals surface area contributed by atoms with Crippen LogP contribution in [0.15, 0.2) is 36.5 Å². The van der Waals surface area contributed by atoms with E-state index in [1.54, 1.807) is 17.5 Å². The molecule has 0 aliphatic carbocycles. The summed E-state index contributed by atoms with van der Waals surface area (Å²) in [5, 5.41) is 13.0. The van der Waals surface area contributed by atoms with E-state index in [9.17, 15) is 4.79 Å². The third kappa shape index (κ3) is 3.28. The summed E-state index contributed by atoms with van der Waals surface area (Å²) in [6, 6.07) is 9.89. The van der Waals surface area contributed by atoms with Gasteiger partial charge < -0.3 is 9.64 Å². The van der Waals surface area contributed by atoms with Crippen LogP contribution in [0.4, 0.5) is 0 Å². The van der Waals surface area contributed by atoms with Gasteiger partial charge >= 0.3 is 5.97 Å². The first-order valence-electron chi connectivity index (χ1n) is 8.36. The highest BCUT2D eigenvalue weighted by atomic mass is 16.5. The third-order valence-electron chi connectivity index (χ3n) is 3.81. The van der Waals surface area contributed by atoms with Crippen LogP contribution in [0.2, 0.25) is 0 Å². The van der Waals surface area contributed by atoms with Crippen LogP contribution in [-0.2, 0) is 4.74 Å². The highest BCUT2D eigenvalue weighted by Crippen LogP contribution is 2.28.